The lowest BCUT2D eigenvalue weighted by Crippen LogP contribution is -2.07. The first-order valence-electron chi connectivity index (χ1n) is 5.28. The molecule has 108 valence electrons. The van der Waals surface area contributed by atoms with Crippen LogP contribution in [0.3, 0.4) is 0 Å². The first kappa shape index (κ1) is 15.3. The van der Waals surface area contributed by atoms with Crippen molar-refractivity contribution in [2.45, 2.75) is 18.6 Å². The van der Waals surface area contributed by atoms with Crippen molar-refractivity contribution < 1.29 is 17.2 Å². The number of hydrogen-bond acceptors (Lipinski definition) is 4. The highest BCUT2D eigenvalue weighted by atomic mass is 79.9. The average Bonchev–Trinajstić information content (AvgIpc) is 2.70. The SMILES string of the molecule is CCn1c(-c2c(F)cc(Br)cc2F)nnc1S(=O)(=O)Cl. The summed E-state index contributed by atoms with van der Waals surface area (Å²) in [6.45, 7) is 1.66. The van der Waals surface area contributed by atoms with Gasteiger partial charge in [-0.1, -0.05) is 15.9 Å². The highest BCUT2D eigenvalue weighted by molar-refractivity contribution is 9.10. The zero-order valence-corrected chi connectivity index (χ0v) is 13.1. The fraction of sp³-hybridized carbons (Fsp3) is 0.200. The molecule has 0 amide bonds. The molecule has 0 spiro atoms. The van der Waals surface area contributed by atoms with Crippen molar-refractivity contribution in [2.75, 3.05) is 0 Å². The number of hydrogen-bond donors (Lipinski definition) is 0. The molecular formula is C10H7BrClF2N3O2S. The summed E-state index contributed by atoms with van der Waals surface area (Å²) in [4.78, 5) is 0. The van der Waals surface area contributed by atoms with Crippen LogP contribution in [0, 0.1) is 11.6 Å². The van der Waals surface area contributed by atoms with Crippen molar-refractivity contribution in [1.82, 2.24) is 14.8 Å². The van der Waals surface area contributed by atoms with Gasteiger partial charge in [-0.2, -0.15) is 0 Å². The number of halogens is 4. The van der Waals surface area contributed by atoms with E-state index >= 15 is 0 Å². The molecule has 20 heavy (non-hydrogen) atoms. The van der Waals surface area contributed by atoms with Gasteiger partial charge in [-0.25, -0.2) is 17.2 Å². The number of nitrogens with zero attached hydrogens (tertiary/aromatic N) is 3. The highest BCUT2D eigenvalue weighted by Gasteiger charge is 2.26. The molecule has 1 heterocycles. The molecule has 1 aromatic heterocycles. The molecule has 0 fully saturated rings. The van der Waals surface area contributed by atoms with Crippen molar-refractivity contribution in [3.63, 3.8) is 0 Å². The first-order valence-corrected chi connectivity index (χ1v) is 8.38. The van der Waals surface area contributed by atoms with Gasteiger partial charge in [0.05, 0.1) is 5.56 Å². The second kappa shape index (κ2) is 5.38. The van der Waals surface area contributed by atoms with Crippen LogP contribution in [0.15, 0.2) is 21.8 Å². The Morgan fingerprint density at radius 2 is 1.85 bits per heavy atom. The van der Waals surface area contributed by atoms with Gasteiger partial charge in [0.2, 0.25) is 0 Å². The maximum Gasteiger partial charge on any atom is 0.296 e. The van der Waals surface area contributed by atoms with E-state index in [1.54, 1.807) is 6.92 Å². The quantitative estimate of drug-likeness (QED) is 0.761. The van der Waals surface area contributed by atoms with Gasteiger partial charge < -0.3 is 0 Å². The lowest BCUT2D eigenvalue weighted by molar-refractivity contribution is 0.571. The zero-order valence-electron chi connectivity index (χ0n) is 9.94. The Balaban J connectivity index is 2.75. The second-order valence-electron chi connectivity index (χ2n) is 3.73. The van der Waals surface area contributed by atoms with E-state index in [-0.39, 0.29) is 16.8 Å². The normalized spacial score (nSPS) is 11.8. The maximum absolute atomic E-state index is 13.9. The van der Waals surface area contributed by atoms with E-state index in [2.05, 4.69) is 26.1 Å². The number of aromatic nitrogens is 3. The largest absolute Gasteiger partial charge is 0.297 e. The number of rotatable bonds is 3. The Bertz CT molecular complexity index is 756. The number of benzene rings is 1. The van der Waals surface area contributed by atoms with Gasteiger partial charge in [-0.05, 0) is 19.1 Å². The zero-order chi connectivity index (χ0) is 15.1. The molecular weight excluding hydrogens is 380 g/mol. The van der Waals surface area contributed by atoms with E-state index in [1.807, 2.05) is 0 Å². The van der Waals surface area contributed by atoms with Crippen LogP contribution in [0.2, 0.25) is 0 Å². The molecule has 0 aliphatic rings. The molecule has 0 saturated carbocycles. The molecule has 0 aliphatic heterocycles. The fourth-order valence-corrected chi connectivity index (χ4v) is 3.06. The minimum absolute atomic E-state index is 0.0819. The molecule has 0 N–H and O–H groups in total. The third kappa shape index (κ3) is 2.70. The summed E-state index contributed by atoms with van der Waals surface area (Å²) in [5.74, 6) is -2.02. The predicted molar refractivity (Wildman–Crippen MR) is 71.8 cm³/mol. The van der Waals surface area contributed by atoms with E-state index in [0.717, 1.165) is 16.7 Å². The first-order chi connectivity index (χ1) is 9.25. The summed E-state index contributed by atoms with van der Waals surface area (Å²) in [5, 5.41) is 6.36. The van der Waals surface area contributed by atoms with Crippen LogP contribution < -0.4 is 0 Å². The van der Waals surface area contributed by atoms with Crippen LogP contribution >= 0.6 is 26.6 Å². The topological polar surface area (TPSA) is 64.8 Å². The Kier molecular flexibility index (Phi) is 4.12. The fourth-order valence-electron chi connectivity index (χ4n) is 1.69. The van der Waals surface area contributed by atoms with E-state index < -0.39 is 31.4 Å². The molecule has 0 atom stereocenters. The van der Waals surface area contributed by atoms with Crippen molar-refractivity contribution >= 4 is 35.7 Å². The van der Waals surface area contributed by atoms with Crippen molar-refractivity contribution in [1.29, 1.82) is 0 Å². The van der Waals surface area contributed by atoms with E-state index in [9.17, 15) is 17.2 Å². The predicted octanol–water partition coefficient (Wildman–Crippen LogP) is 2.93. The second-order valence-corrected chi connectivity index (χ2v) is 7.11. The van der Waals surface area contributed by atoms with Gasteiger partial charge in [0.1, 0.15) is 11.6 Å². The molecule has 0 bridgehead atoms. The van der Waals surface area contributed by atoms with Gasteiger partial charge in [-0.15, -0.1) is 10.2 Å². The van der Waals surface area contributed by atoms with Crippen LogP contribution in [0.1, 0.15) is 6.92 Å². The average molecular weight is 387 g/mol. The summed E-state index contributed by atoms with van der Waals surface area (Å²) in [7, 11) is 1.04. The van der Waals surface area contributed by atoms with Gasteiger partial charge in [0.15, 0.2) is 5.82 Å². The molecule has 2 rings (SSSR count). The summed E-state index contributed by atoms with van der Waals surface area (Å²) in [6, 6.07) is 2.09. The molecule has 0 unspecified atom stereocenters. The summed E-state index contributed by atoms with van der Waals surface area (Å²) in [6.07, 6.45) is 0. The van der Waals surface area contributed by atoms with Gasteiger partial charge in [0.25, 0.3) is 14.2 Å². The molecule has 0 saturated heterocycles. The molecule has 1 aromatic carbocycles. The van der Waals surface area contributed by atoms with E-state index in [1.165, 1.54) is 0 Å². The van der Waals surface area contributed by atoms with Crippen molar-refractivity contribution in [3.8, 4) is 11.4 Å². The maximum atomic E-state index is 13.9. The Morgan fingerprint density at radius 1 is 1.30 bits per heavy atom. The smallest absolute Gasteiger partial charge is 0.296 e. The van der Waals surface area contributed by atoms with Crippen LogP contribution in [-0.4, -0.2) is 23.2 Å². The van der Waals surface area contributed by atoms with Gasteiger partial charge in [-0.3, -0.25) is 4.57 Å². The Morgan fingerprint density at radius 3 is 2.30 bits per heavy atom. The minimum atomic E-state index is -4.16. The van der Waals surface area contributed by atoms with E-state index in [0.29, 0.717) is 0 Å². The summed E-state index contributed by atoms with van der Waals surface area (Å²) >= 11 is 2.95. The minimum Gasteiger partial charge on any atom is -0.297 e. The van der Waals surface area contributed by atoms with Crippen LogP contribution in [0.4, 0.5) is 8.78 Å². The highest BCUT2D eigenvalue weighted by Crippen LogP contribution is 2.29. The molecule has 10 heteroatoms. The van der Waals surface area contributed by atoms with Gasteiger partial charge >= 0.3 is 0 Å². The lowest BCUT2D eigenvalue weighted by Gasteiger charge is -2.08. The summed E-state index contributed by atoms with van der Waals surface area (Å²) in [5.41, 5.74) is -0.464. The third-order valence-corrected chi connectivity index (χ3v) is 4.09. The monoisotopic (exact) mass is 385 g/mol. The van der Waals surface area contributed by atoms with Crippen LogP contribution in [-0.2, 0) is 15.6 Å². The molecule has 0 radical (unpaired) electrons. The standard InChI is InChI=1S/C10H7BrClF2N3O2S/c1-2-17-9(15-16-10(17)20(12,18)19)8-6(13)3-5(11)4-7(8)14/h3-4H,2H2,1H3. The lowest BCUT2D eigenvalue weighted by atomic mass is 10.2. The molecule has 0 aliphatic carbocycles. The van der Waals surface area contributed by atoms with Crippen molar-refractivity contribution in [2.24, 2.45) is 0 Å². The van der Waals surface area contributed by atoms with Crippen LogP contribution in [0.25, 0.3) is 11.4 Å². The van der Waals surface area contributed by atoms with Gasteiger partial charge in [0, 0.05) is 21.7 Å². The Labute approximate surface area is 126 Å². The summed E-state index contributed by atoms with van der Waals surface area (Å²) < 4.78 is 51.7. The Hall–Kier alpha value is -1.06. The molecule has 5 nitrogen and oxygen atoms in total. The molecule has 2 aromatic rings. The van der Waals surface area contributed by atoms with Crippen LogP contribution in [0.5, 0.6) is 0 Å². The van der Waals surface area contributed by atoms with Crippen molar-refractivity contribution in [3.05, 3.63) is 28.2 Å². The van der Waals surface area contributed by atoms with E-state index in [4.69, 9.17) is 10.7 Å². The third-order valence-electron chi connectivity index (χ3n) is 2.48.